The van der Waals surface area contributed by atoms with Gasteiger partial charge >= 0.3 is 7.12 Å². The van der Waals surface area contributed by atoms with Crippen LogP contribution in [-0.4, -0.2) is 23.2 Å². The fourth-order valence-corrected chi connectivity index (χ4v) is 2.44. The molecule has 7 heteroatoms. The van der Waals surface area contributed by atoms with Crippen LogP contribution in [0.3, 0.4) is 0 Å². The molecule has 2 aromatic rings. The van der Waals surface area contributed by atoms with Crippen molar-refractivity contribution in [2.75, 3.05) is 0 Å². The van der Waals surface area contributed by atoms with Crippen molar-refractivity contribution < 1.29 is 19.0 Å². The Kier molecular flexibility index (Phi) is 4.30. The first kappa shape index (κ1) is 17.4. The second-order valence-corrected chi connectivity index (χ2v) is 7.01. The summed E-state index contributed by atoms with van der Waals surface area (Å²) in [6, 6.07) is 13.4. The average molecular weight is 341 g/mol. The van der Waals surface area contributed by atoms with Crippen LogP contribution in [0.4, 0.5) is 5.69 Å². The Balaban J connectivity index is 1.70. The maximum Gasteiger partial charge on any atom is 0.494 e. The van der Waals surface area contributed by atoms with Gasteiger partial charge in [-0.05, 0) is 57.4 Å². The largest absolute Gasteiger partial charge is 0.494 e. The van der Waals surface area contributed by atoms with Crippen molar-refractivity contribution in [3.63, 3.8) is 0 Å². The monoisotopic (exact) mass is 341 g/mol. The Labute approximate surface area is 147 Å². The van der Waals surface area contributed by atoms with Gasteiger partial charge in [0.15, 0.2) is 0 Å². The normalized spacial score (nSPS) is 18.2. The highest BCUT2D eigenvalue weighted by Gasteiger charge is 2.51. The zero-order valence-electron chi connectivity index (χ0n) is 14.7. The number of rotatable bonds is 4. The summed E-state index contributed by atoms with van der Waals surface area (Å²) >= 11 is 0. The highest BCUT2D eigenvalue weighted by atomic mass is 16.7. The van der Waals surface area contributed by atoms with E-state index in [0.717, 1.165) is 5.46 Å². The Morgan fingerprint density at radius 3 is 1.76 bits per heavy atom. The van der Waals surface area contributed by atoms with E-state index in [1.807, 2.05) is 52.0 Å². The molecular weight excluding hydrogens is 321 g/mol. The van der Waals surface area contributed by atoms with Crippen LogP contribution in [0.5, 0.6) is 11.5 Å². The lowest BCUT2D eigenvalue weighted by Crippen LogP contribution is -2.41. The number of nitrogens with zero attached hydrogens (tertiary/aromatic N) is 1. The third-order valence-corrected chi connectivity index (χ3v) is 4.69. The second-order valence-electron chi connectivity index (χ2n) is 7.01. The van der Waals surface area contributed by atoms with Gasteiger partial charge in [0.05, 0.1) is 16.1 Å². The van der Waals surface area contributed by atoms with Crippen molar-refractivity contribution in [1.29, 1.82) is 0 Å². The summed E-state index contributed by atoms with van der Waals surface area (Å²) in [5.74, 6) is 1.17. The number of non-ortho nitro benzene ring substituents is 1. The predicted molar refractivity (Wildman–Crippen MR) is 95.3 cm³/mol. The smallest absolute Gasteiger partial charge is 0.457 e. The molecule has 2 aromatic carbocycles. The second kappa shape index (κ2) is 6.17. The Bertz CT molecular complexity index is 755. The van der Waals surface area contributed by atoms with E-state index in [1.165, 1.54) is 12.1 Å². The summed E-state index contributed by atoms with van der Waals surface area (Å²) < 4.78 is 17.7. The van der Waals surface area contributed by atoms with Gasteiger partial charge in [-0.2, -0.15) is 0 Å². The lowest BCUT2D eigenvalue weighted by Gasteiger charge is -2.32. The number of hydrogen-bond acceptors (Lipinski definition) is 5. The molecule has 3 rings (SSSR count). The van der Waals surface area contributed by atoms with E-state index >= 15 is 0 Å². The Morgan fingerprint density at radius 2 is 1.32 bits per heavy atom. The van der Waals surface area contributed by atoms with Crippen LogP contribution in [0.15, 0.2) is 48.5 Å². The fraction of sp³-hybridized carbons (Fsp3) is 0.333. The molecule has 1 fully saturated rings. The molecule has 0 amide bonds. The summed E-state index contributed by atoms with van der Waals surface area (Å²) in [7, 11) is -0.418. The minimum atomic E-state index is -0.441. The van der Waals surface area contributed by atoms with E-state index in [1.54, 1.807) is 12.1 Å². The molecule has 0 N–H and O–H groups in total. The number of benzene rings is 2. The number of hydrogen-bond donors (Lipinski definition) is 0. The number of ether oxygens (including phenoxy) is 1. The van der Waals surface area contributed by atoms with E-state index < -0.39 is 12.0 Å². The van der Waals surface area contributed by atoms with Gasteiger partial charge in [0.2, 0.25) is 0 Å². The minimum Gasteiger partial charge on any atom is -0.457 e. The highest BCUT2D eigenvalue weighted by molar-refractivity contribution is 6.62. The molecule has 0 unspecified atom stereocenters. The molecule has 1 heterocycles. The van der Waals surface area contributed by atoms with Gasteiger partial charge in [-0.3, -0.25) is 10.1 Å². The standard InChI is InChI=1S/C18H20BNO5/c1-17(2)18(3,4)25-19(24-17)13-5-9-15(10-6-13)23-16-11-7-14(8-12-16)20(21)22/h5-12H,1-4H3. The summed E-state index contributed by atoms with van der Waals surface area (Å²) in [4.78, 5) is 10.2. The van der Waals surface area contributed by atoms with E-state index in [-0.39, 0.29) is 16.9 Å². The Hall–Kier alpha value is -2.38. The lowest BCUT2D eigenvalue weighted by atomic mass is 9.79. The molecule has 1 aliphatic rings. The van der Waals surface area contributed by atoms with E-state index in [9.17, 15) is 10.1 Å². The molecular formula is C18H20BNO5. The number of nitro benzene ring substituents is 1. The van der Waals surface area contributed by atoms with Gasteiger partial charge < -0.3 is 14.0 Å². The molecule has 0 atom stereocenters. The zero-order valence-corrected chi connectivity index (χ0v) is 14.7. The average Bonchev–Trinajstić information content (AvgIpc) is 2.76. The SMILES string of the molecule is CC1(C)OB(c2ccc(Oc3ccc([N+](=O)[O-])cc3)cc2)OC1(C)C. The Morgan fingerprint density at radius 1 is 0.880 bits per heavy atom. The fourth-order valence-electron chi connectivity index (χ4n) is 2.44. The minimum absolute atomic E-state index is 0.0310. The topological polar surface area (TPSA) is 70.8 Å². The van der Waals surface area contributed by atoms with Crippen molar-refractivity contribution in [3.8, 4) is 11.5 Å². The van der Waals surface area contributed by atoms with Crippen LogP contribution in [-0.2, 0) is 9.31 Å². The molecule has 0 bridgehead atoms. The van der Waals surface area contributed by atoms with E-state index in [4.69, 9.17) is 14.0 Å². The van der Waals surface area contributed by atoms with Crippen LogP contribution in [0.25, 0.3) is 0 Å². The van der Waals surface area contributed by atoms with Crippen molar-refractivity contribution in [2.45, 2.75) is 38.9 Å². The van der Waals surface area contributed by atoms with Crippen molar-refractivity contribution in [3.05, 3.63) is 58.6 Å². The van der Waals surface area contributed by atoms with Gasteiger partial charge in [0.25, 0.3) is 5.69 Å². The van der Waals surface area contributed by atoms with Gasteiger partial charge in [-0.25, -0.2) is 0 Å². The zero-order chi connectivity index (χ0) is 18.2. The first-order valence-corrected chi connectivity index (χ1v) is 8.06. The summed E-state index contributed by atoms with van der Waals surface area (Å²) in [5, 5.41) is 10.7. The molecule has 6 nitrogen and oxygen atoms in total. The van der Waals surface area contributed by atoms with Crippen LogP contribution >= 0.6 is 0 Å². The van der Waals surface area contributed by atoms with Gasteiger partial charge in [0, 0.05) is 12.1 Å². The van der Waals surface area contributed by atoms with Crippen LogP contribution in [0.2, 0.25) is 0 Å². The maximum atomic E-state index is 10.7. The van der Waals surface area contributed by atoms with Crippen molar-refractivity contribution in [1.82, 2.24) is 0 Å². The highest BCUT2D eigenvalue weighted by Crippen LogP contribution is 2.36. The quantitative estimate of drug-likeness (QED) is 0.482. The summed E-state index contributed by atoms with van der Waals surface area (Å²) in [6.07, 6.45) is 0. The first-order chi connectivity index (χ1) is 11.7. The molecule has 1 saturated heterocycles. The summed E-state index contributed by atoms with van der Waals surface area (Å²) in [5.41, 5.74) is 0.176. The molecule has 0 saturated carbocycles. The van der Waals surface area contributed by atoms with Crippen molar-refractivity contribution >= 4 is 18.3 Å². The third-order valence-electron chi connectivity index (χ3n) is 4.69. The van der Waals surface area contributed by atoms with Gasteiger partial charge in [-0.1, -0.05) is 12.1 Å². The predicted octanol–water partition coefficient (Wildman–Crippen LogP) is 3.69. The van der Waals surface area contributed by atoms with E-state index in [0.29, 0.717) is 11.5 Å². The maximum absolute atomic E-state index is 10.7. The van der Waals surface area contributed by atoms with Crippen LogP contribution in [0.1, 0.15) is 27.7 Å². The first-order valence-electron chi connectivity index (χ1n) is 8.06. The van der Waals surface area contributed by atoms with Crippen molar-refractivity contribution in [2.24, 2.45) is 0 Å². The van der Waals surface area contributed by atoms with Crippen LogP contribution in [0, 0.1) is 10.1 Å². The lowest BCUT2D eigenvalue weighted by molar-refractivity contribution is -0.384. The third kappa shape index (κ3) is 3.52. The molecule has 0 aliphatic carbocycles. The molecule has 1 aliphatic heterocycles. The molecule has 0 spiro atoms. The molecule has 0 radical (unpaired) electrons. The molecule has 130 valence electrons. The summed E-state index contributed by atoms with van der Waals surface area (Å²) in [6.45, 7) is 8.05. The molecule has 0 aromatic heterocycles. The van der Waals surface area contributed by atoms with Crippen LogP contribution < -0.4 is 10.2 Å². The molecule has 25 heavy (non-hydrogen) atoms. The van der Waals surface area contributed by atoms with E-state index in [2.05, 4.69) is 0 Å². The number of nitro groups is 1. The van der Waals surface area contributed by atoms with Gasteiger partial charge in [0.1, 0.15) is 11.5 Å². The van der Waals surface area contributed by atoms with Gasteiger partial charge in [-0.15, -0.1) is 0 Å².